The number of hydrogen-bond donors (Lipinski definition) is 0. The van der Waals surface area contributed by atoms with E-state index >= 15 is 0 Å². The van der Waals surface area contributed by atoms with E-state index in [1.54, 1.807) is 0 Å². The summed E-state index contributed by atoms with van der Waals surface area (Å²) in [5.74, 6) is 0. The van der Waals surface area contributed by atoms with Gasteiger partial charge >= 0.3 is 0 Å². The Bertz CT molecular complexity index is 301. The second-order valence-electron chi connectivity index (χ2n) is 3.04. The Kier molecular flexibility index (Phi) is 5.02. The van der Waals surface area contributed by atoms with Crippen LogP contribution in [0.1, 0.15) is 18.4 Å². The molecule has 2 heteroatoms. The predicted octanol–water partition coefficient (Wildman–Crippen LogP) is 3.42. The lowest BCUT2D eigenvalue weighted by Gasteiger charge is -1.97. The molecule has 0 unspecified atom stereocenters. The molecule has 0 aliphatic rings. The van der Waals surface area contributed by atoms with Crippen molar-refractivity contribution >= 4 is 17.9 Å². The largest absolute Gasteiger partial charge is 0.303 e. The molecule has 0 fully saturated rings. The molecule has 1 aromatic carbocycles. The Morgan fingerprint density at radius 2 is 1.86 bits per heavy atom. The van der Waals surface area contributed by atoms with E-state index in [0.717, 1.165) is 24.2 Å². The third-order valence-electron chi connectivity index (χ3n) is 1.91. The van der Waals surface area contributed by atoms with Gasteiger partial charge in [0.05, 0.1) is 0 Å². The lowest BCUT2D eigenvalue weighted by Crippen LogP contribution is -1.82. The average Bonchev–Trinajstić information content (AvgIpc) is 2.21. The molecular formula is C12H13ClO. The van der Waals surface area contributed by atoms with E-state index in [9.17, 15) is 4.79 Å². The van der Waals surface area contributed by atoms with Gasteiger partial charge in [0.25, 0.3) is 0 Å². The summed E-state index contributed by atoms with van der Waals surface area (Å²) in [5, 5.41) is 0.769. The quantitative estimate of drug-likeness (QED) is 0.535. The topological polar surface area (TPSA) is 17.1 Å². The fourth-order valence-electron chi connectivity index (χ4n) is 1.17. The number of halogens is 1. The van der Waals surface area contributed by atoms with E-state index < -0.39 is 0 Å². The highest BCUT2D eigenvalue weighted by Crippen LogP contribution is 2.10. The smallest absolute Gasteiger partial charge is 0.123 e. The molecule has 0 aliphatic carbocycles. The second-order valence-corrected chi connectivity index (χ2v) is 3.48. The highest BCUT2D eigenvalue weighted by Gasteiger charge is 1.90. The predicted molar refractivity (Wildman–Crippen MR) is 59.6 cm³/mol. The summed E-state index contributed by atoms with van der Waals surface area (Å²) in [6, 6.07) is 7.84. The van der Waals surface area contributed by atoms with Gasteiger partial charge in [0, 0.05) is 11.4 Å². The van der Waals surface area contributed by atoms with Crippen LogP contribution in [0.15, 0.2) is 36.4 Å². The molecule has 0 heterocycles. The Morgan fingerprint density at radius 3 is 2.50 bits per heavy atom. The van der Waals surface area contributed by atoms with Gasteiger partial charge in [0.15, 0.2) is 0 Å². The molecule has 0 amide bonds. The zero-order chi connectivity index (χ0) is 10.2. The molecule has 0 N–H and O–H groups in total. The minimum atomic E-state index is 0.515. The summed E-state index contributed by atoms with van der Waals surface area (Å²) < 4.78 is 0. The maximum absolute atomic E-state index is 10.0. The Morgan fingerprint density at radius 1 is 1.14 bits per heavy atom. The van der Waals surface area contributed by atoms with Crippen molar-refractivity contribution in [3.8, 4) is 0 Å². The van der Waals surface area contributed by atoms with Gasteiger partial charge in [-0.1, -0.05) is 35.9 Å². The average molecular weight is 209 g/mol. The van der Waals surface area contributed by atoms with Gasteiger partial charge in [-0.3, -0.25) is 0 Å². The first-order valence-corrected chi connectivity index (χ1v) is 5.04. The summed E-state index contributed by atoms with van der Waals surface area (Å²) in [6.45, 7) is 0. The Balaban J connectivity index is 2.31. The van der Waals surface area contributed by atoms with Crippen LogP contribution in [0, 0.1) is 0 Å². The van der Waals surface area contributed by atoms with Crippen molar-refractivity contribution in [3.05, 3.63) is 47.0 Å². The van der Waals surface area contributed by atoms with Gasteiger partial charge in [0.1, 0.15) is 6.29 Å². The Hall–Kier alpha value is -1.08. The van der Waals surface area contributed by atoms with E-state index in [1.807, 2.05) is 36.4 Å². The number of rotatable bonds is 5. The maximum atomic E-state index is 10.0. The van der Waals surface area contributed by atoms with Gasteiger partial charge in [-0.25, -0.2) is 0 Å². The lowest BCUT2D eigenvalue weighted by atomic mass is 10.1. The summed E-state index contributed by atoms with van der Waals surface area (Å²) in [5.41, 5.74) is 1.27. The minimum Gasteiger partial charge on any atom is -0.303 e. The van der Waals surface area contributed by atoms with Crippen LogP contribution in [-0.2, 0) is 11.2 Å². The minimum absolute atomic E-state index is 0.515. The summed E-state index contributed by atoms with van der Waals surface area (Å²) in [7, 11) is 0. The monoisotopic (exact) mass is 208 g/mol. The molecule has 0 saturated carbocycles. The van der Waals surface area contributed by atoms with Crippen molar-refractivity contribution in [1.82, 2.24) is 0 Å². The standard InChI is InChI=1S/C12H13ClO/c13-12-8-6-11(7-9-12)5-3-1-2-4-10-14/h1-2,6-10H,3-5H2. The molecule has 0 bridgehead atoms. The molecule has 1 rings (SSSR count). The van der Waals surface area contributed by atoms with Crippen molar-refractivity contribution in [1.29, 1.82) is 0 Å². The van der Waals surface area contributed by atoms with Crippen LogP contribution in [-0.4, -0.2) is 6.29 Å². The van der Waals surface area contributed by atoms with Crippen molar-refractivity contribution in [2.75, 3.05) is 0 Å². The lowest BCUT2D eigenvalue weighted by molar-refractivity contribution is -0.107. The van der Waals surface area contributed by atoms with Gasteiger partial charge < -0.3 is 4.79 Å². The Labute approximate surface area is 89.4 Å². The van der Waals surface area contributed by atoms with Crippen molar-refractivity contribution in [3.63, 3.8) is 0 Å². The first-order valence-electron chi connectivity index (χ1n) is 4.66. The fraction of sp³-hybridized carbons (Fsp3) is 0.250. The number of hydrogen-bond acceptors (Lipinski definition) is 1. The SMILES string of the molecule is O=CCC=CCCc1ccc(Cl)cc1. The maximum Gasteiger partial charge on any atom is 0.123 e. The number of aryl methyl sites for hydroxylation is 1. The summed E-state index contributed by atoms with van der Waals surface area (Å²) >= 11 is 5.76. The van der Waals surface area contributed by atoms with Gasteiger partial charge in [-0.15, -0.1) is 0 Å². The van der Waals surface area contributed by atoms with Crippen LogP contribution in [0.4, 0.5) is 0 Å². The third-order valence-corrected chi connectivity index (χ3v) is 2.16. The molecule has 74 valence electrons. The molecule has 0 atom stereocenters. The molecule has 0 spiro atoms. The van der Waals surface area contributed by atoms with Gasteiger partial charge in [-0.05, 0) is 30.5 Å². The van der Waals surface area contributed by atoms with Crippen LogP contribution >= 0.6 is 11.6 Å². The highest BCUT2D eigenvalue weighted by atomic mass is 35.5. The molecular weight excluding hydrogens is 196 g/mol. The van der Waals surface area contributed by atoms with Crippen molar-refractivity contribution < 1.29 is 4.79 Å². The molecule has 0 saturated heterocycles. The second kappa shape index (κ2) is 6.39. The number of allylic oxidation sites excluding steroid dienone is 2. The number of carbonyl (C=O) groups is 1. The first kappa shape index (κ1) is 11.0. The van der Waals surface area contributed by atoms with Crippen LogP contribution < -0.4 is 0 Å². The van der Waals surface area contributed by atoms with E-state index in [2.05, 4.69) is 0 Å². The third kappa shape index (κ3) is 4.24. The molecule has 14 heavy (non-hydrogen) atoms. The van der Waals surface area contributed by atoms with E-state index in [4.69, 9.17) is 11.6 Å². The van der Waals surface area contributed by atoms with E-state index in [1.165, 1.54) is 5.56 Å². The zero-order valence-electron chi connectivity index (χ0n) is 7.95. The summed E-state index contributed by atoms with van der Waals surface area (Å²) in [6.07, 6.45) is 7.30. The van der Waals surface area contributed by atoms with Crippen molar-refractivity contribution in [2.24, 2.45) is 0 Å². The molecule has 0 radical (unpaired) electrons. The number of carbonyl (C=O) groups excluding carboxylic acids is 1. The fourth-order valence-corrected chi connectivity index (χ4v) is 1.30. The highest BCUT2D eigenvalue weighted by molar-refractivity contribution is 6.30. The van der Waals surface area contributed by atoms with Crippen LogP contribution in [0.25, 0.3) is 0 Å². The van der Waals surface area contributed by atoms with E-state index in [0.29, 0.717) is 6.42 Å². The van der Waals surface area contributed by atoms with Crippen LogP contribution in [0.2, 0.25) is 5.02 Å². The molecule has 1 nitrogen and oxygen atoms in total. The molecule has 0 aliphatic heterocycles. The van der Waals surface area contributed by atoms with Gasteiger partial charge in [-0.2, -0.15) is 0 Å². The summed E-state index contributed by atoms with van der Waals surface area (Å²) in [4.78, 5) is 10.0. The molecule has 0 aromatic heterocycles. The van der Waals surface area contributed by atoms with Crippen LogP contribution in [0.3, 0.4) is 0 Å². The first-order chi connectivity index (χ1) is 6.83. The normalized spacial score (nSPS) is 10.6. The number of aldehydes is 1. The van der Waals surface area contributed by atoms with Crippen molar-refractivity contribution in [2.45, 2.75) is 19.3 Å². The molecule has 1 aromatic rings. The van der Waals surface area contributed by atoms with Gasteiger partial charge in [0.2, 0.25) is 0 Å². The zero-order valence-corrected chi connectivity index (χ0v) is 8.70. The van der Waals surface area contributed by atoms with Crippen LogP contribution in [0.5, 0.6) is 0 Å². The number of benzene rings is 1. The van der Waals surface area contributed by atoms with E-state index in [-0.39, 0.29) is 0 Å².